The number of benzene rings is 1. The molecule has 30 heavy (non-hydrogen) atoms. The van der Waals surface area contributed by atoms with Crippen LogP contribution in [0.25, 0.3) is 0 Å². The maximum atomic E-state index is 12.4. The van der Waals surface area contributed by atoms with E-state index < -0.39 is 23.1 Å². The van der Waals surface area contributed by atoms with Crippen LogP contribution in [0.5, 0.6) is 17.2 Å². The zero-order valence-corrected chi connectivity index (χ0v) is 17.2. The number of phenols is 1. The molecule has 2 aromatic rings. The Morgan fingerprint density at radius 3 is 2.53 bits per heavy atom. The second kappa shape index (κ2) is 9.67. The van der Waals surface area contributed by atoms with Gasteiger partial charge in [0.1, 0.15) is 5.76 Å². The summed E-state index contributed by atoms with van der Waals surface area (Å²) in [6, 6.07) is 5.89. The lowest BCUT2D eigenvalue weighted by Gasteiger charge is -2.26. The van der Waals surface area contributed by atoms with Gasteiger partial charge in [-0.05, 0) is 43.6 Å². The molecule has 0 radical (unpaired) electrons. The van der Waals surface area contributed by atoms with E-state index in [0.29, 0.717) is 17.9 Å². The average molecular weight is 417 g/mol. The molecule has 1 aromatic heterocycles. The van der Waals surface area contributed by atoms with Crippen LogP contribution in [0.15, 0.2) is 33.5 Å². The van der Waals surface area contributed by atoms with Crippen molar-refractivity contribution in [2.24, 2.45) is 0 Å². The Kier molecular flexibility index (Phi) is 6.99. The molecule has 0 bridgehead atoms. The van der Waals surface area contributed by atoms with Gasteiger partial charge in [0.2, 0.25) is 11.2 Å². The Morgan fingerprint density at radius 2 is 1.90 bits per heavy atom. The van der Waals surface area contributed by atoms with Gasteiger partial charge in [-0.25, -0.2) is 0 Å². The van der Waals surface area contributed by atoms with Crippen LogP contribution in [0.2, 0.25) is 0 Å². The van der Waals surface area contributed by atoms with E-state index in [4.69, 9.17) is 13.9 Å². The monoisotopic (exact) mass is 417 g/mol. The Morgan fingerprint density at radius 1 is 1.17 bits per heavy atom. The fraction of sp³-hybridized carbons (Fsp3) is 0.455. The highest BCUT2D eigenvalue weighted by Gasteiger charge is 2.27. The van der Waals surface area contributed by atoms with Crippen molar-refractivity contribution in [3.05, 3.63) is 51.6 Å². The van der Waals surface area contributed by atoms with Crippen molar-refractivity contribution in [2.45, 2.75) is 38.1 Å². The molecule has 0 saturated carbocycles. The van der Waals surface area contributed by atoms with E-state index in [9.17, 15) is 19.8 Å². The largest absolute Gasteiger partial charge is 0.504 e. The molecule has 1 saturated heterocycles. The molecule has 1 aliphatic rings. The van der Waals surface area contributed by atoms with Crippen molar-refractivity contribution >= 4 is 5.97 Å². The zero-order valence-electron chi connectivity index (χ0n) is 17.2. The number of carbonyl (C=O) groups excluding carboxylic acids is 1. The highest BCUT2D eigenvalue weighted by molar-refractivity contribution is 5.71. The molecule has 162 valence electrons. The number of hydrogen-bond donors (Lipinski definition) is 2. The van der Waals surface area contributed by atoms with E-state index in [-0.39, 0.29) is 23.7 Å². The Balaban J connectivity index is 2.02. The van der Waals surface area contributed by atoms with Gasteiger partial charge in [-0.2, -0.15) is 0 Å². The number of likely N-dealkylation sites (tertiary alicyclic amines) is 1. The minimum atomic E-state index is -0.816. The zero-order chi connectivity index (χ0) is 21.7. The average Bonchev–Trinajstić information content (AvgIpc) is 2.75. The van der Waals surface area contributed by atoms with Crippen LogP contribution in [-0.4, -0.2) is 48.4 Å². The van der Waals surface area contributed by atoms with E-state index >= 15 is 0 Å². The summed E-state index contributed by atoms with van der Waals surface area (Å²) in [7, 11) is 2.68. The van der Waals surface area contributed by atoms with Crippen molar-refractivity contribution in [2.75, 3.05) is 27.3 Å². The highest BCUT2D eigenvalue weighted by atomic mass is 16.5. The van der Waals surface area contributed by atoms with Gasteiger partial charge >= 0.3 is 5.97 Å². The van der Waals surface area contributed by atoms with E-state index in [2.05, 4.69) is 4.90 Å². The number of piperidine rings is 1. The van der Waals surface area contributed by atoms with E-state index in [1.165, 1.54) is 32.8 Å². The second-order valence-corrected chi connectivity index (χ2v) is 7.39. The summed E-state index contributed by atoms with van der Waals surface area (Å²) in [6.45, 7) is 2.27. The highest BCUT2D eigenvalue weighted by Crippen LogP contribution is 2.37. The maximum absolute atomic E-state index is 12.4. The number of carbonyl (C=O) groups is 1. The fourth-order valence-electron chi connectivity index (χ4n) is 3.74. The first-order chi connectivity index (χ1) is 14.4. The molecule has 0 unspecified atom stereocenters. The van der Waals surface area contributed by atoms with Gasteiger partial charge in [-0.3, -0.25) is 14.5 Å². The molecular formula is C22H27NO7. The molecule has 0 amide bonds. The molecule has 8 heteroatoms. The van der Waals surface area contributed by atoms with Crippen molar-refractivity contribution in [3.63, 3.8) is 0 Å². The number of aromatic hydroxyl groups is 2. The van der Waals surface area contributed by atoms with Crippen LogP contribution in [0.3, 0.4) is 0 Å². The van der Waals surface area contributed by atoms with Crippen molar-refractivity contribution in [1.82, 2.24) is 4.90 Å². The minimum Gasteiger partial charge on any atom is -0.504 e. The van der Waals surface area contributed by atoms with Crippen molar-refractivity contribution in [3.8, 4) is 17.2 Å². The van der Waals surface area contributed by atoms with Gasteiger partial charge in [-0.15, -0.1) is 0 Å². The quantitative estimate of drug-likeness (QED) is 0.662. The Bertz CT molecular complexity index is 947. The molecule has 3 rings (SSSR count). The summed E-state index contributed by atoms with van der Waals surface area (Å²) < 4.78 is 15.8. The lowest BCUT2D eigenvalue weighted by atomic mass is 9.92. The molecule has 0 spiro atoms. The first-order valence-corrected chi connectivity index (χ1v) is 9.95. The van der Waals surface area contributed by atoms with E-state index in [1.54, 1.807) is 12.1 Å². The van der Waals surface area contributed by atoms with Gasteiger partial charge in [0.15, 0.2) is 17.3 Å². The molecule has 8 nitrogen and oxygen atoms in total. The molecule has 1 atom stereocenters. The molecular weight excluding hydrogens is 390 g/mol. The van der Waals surface area contributed by atoms with Gasteiger partial charge in [0.25, 0.3) is 0 Å². The van der Waals surface area contributed by atoms with Crippen LogP contribution in [-0.2, 0) is 16.1 Å². The summed E-state index contributed by atoms with van der Waals surface area (Å²) in [5.74, 6) is -1.38. The topological polar surface area (TPSA) is 109 Å². The minimum absolute atomic E-state index is 0.0236. The Labute approximate surface area is 174 Å². The van der Waals surface area contributed by atoms with Crippen molar-refractivity contribution < 1.29 is 28.9 Å². The van der Waals surface area contributed by atoms with Crippen LogP contribution in [0.1, 0.15) is 48.7 Å². The standard InChI is InChI=1S/C22H27NO7/c1-28-19-7-6-14(10-17(19)24)16(12-20(26)29-2)22-21(27)18(25)11-15(30-22)13-23-8-4-3-5-9-23/h6-7,10-11,16,24,27H,3-5,8-9,12-13H2,1-2H3/t16-/m1/s1. The predicted octanol–water partition coefficient (Wildman–Crippen LogP) is 2.74. The first-order valence-electron chi connectivity index (χ1n) is 9.95. The number of phenolic OH excluding ortho intramolecular Hbond substituents is 1. The number of esters is 1. The number of hydrogen-bond acceptors (Lipinski definition) is 8. The smallest absolute Gasteiger partial charge is 0.306 e. The van der Waals surface area contributed by atoms with Crippen molar-refractivity contribution in [1.29, 1.82) is 0 Å². The van der Waals surface area contributed by atoms with Gasteiger partial charge in [-0.1, -0.05) is 12.5 Å². The molecule has 2 heterocycles. The predicted molar refractivity (Wildman–Crippen MR) is 109 cm³/mol. The normalized spacial score (nSPS) is 15.5. The SMILES string of the molecule is COC(=O)C[C@H](c1ccc(OC)c(O)c1)c1oc(CN2CCCCC2)cc(=O)c1O. The van der Waals surface area contributed by atoms with Crippen LogP contribution in [0.4, 0.5) is 0 Å². The fourth-order valence-corrected chi connectivity index (χ4v) is 3.74. The maximum Gasteiger partial charge on any atom is 0.306 e. The van der Waals surface area contributed by atoms with Gasteiger partial charge in [0.05, 0.1) is 33.1 Å². The van der Waals surface area contributed by atoms with E-state index in [0.717, 1.165) is 25.9 Å². The number of nitrogens with zero attached hydrogens (tertiary/aromatic N) is 1. The first kappa shape index (κ1) is 21.7. The lowest BCUT2D eigenvalue weighted by molar-refractivity contribution is -0.140. The van der Waals surface area contributed by atoms with E-state index in [1.807, 2.05) is 0 Å². The number of ether oxygens (including phenoxy) is 2. The summed E-state index contributed by atoms with van der Waals surface area (Å²) >= 11 is 0. The Hall–Kier alpha value is -3.00. The second-order valence-electron chi connectivity index (χ2n) is 7.39. The van der Waals surface area contributed by atoms with Crippen LogP contribution in [0, 0.1) is 0 Å². The third-order valence-corrected chi connectivity index (χ3v) is 5.35. The molecule has 1 aromatic carbocycles. The summed E-state index contributed by atoms with van der Waals surface area (Å²) in [6.07, 6.45) is 3.19. The molecule has 0 aliphatic carbocycles. The molecule has 2 N–H and O–H groups in total. The summed E-state index contributed by atoms with van der Waals surface area (Å²) in [5.41, 5.74) is -0.0943. The molecule has 1 aliphatic heterocycles. The number of rotatable bonds is 7. The van der Waals surface area contributed by atoms with Gasteiger partial charge in [0, 0.05) is 6.07 Å². The van der Waals surface area contributed by atoms with Crippen LogP contribution < -0.4 is 10.2 Å². The molecule has 1 fully saturated rings. The summed E-state index contributed by atoms with van der Waals surface area (Å²) in [4.78, 5) is 26.7. The third kappa shape index (κ3) is 4.94. The van der Waals surface area contributed by atoms with Crippen LogP contribution >= 0.6 is 0 Å². The van der Waals surface area contributed by atoms with Gasteiger partial charge < -0.3 is 24.1 Å². The lowest BCUT2D eigenvalue weighted by Crippen LogP contribution is -2.29. The summed E-state index contributed by atoms with van der Waals surface area (Å²) in [5, 5.41) is 20.6. The number of methoxy groups -OCH3 is 2. The third-order valence-electron chi connectivity index (χ3n) is 5.35.